The summed E-state index contributed by atoms with van der Waals surface area (Å²) < 4.78 is 0.965. The van der Waals surface area contributed by atoms with E-state index in [1.54, 1.807) is 0 Å². The van der Waals surface area contributed by atoms with Crippen LogP contribution < -0.4 is 11.3 Å². The Morgan fingerprint density at radius 2 is 1.79 bits per heavy atom. The van der Waals surface area contributed by atoms with Gasteiger partial charge in [-0.3, -0.25) is 15.0 Å². The van der Waals surface area contributed by atoms with Gasteiger partial charge in [-0.05, 0) is 17.7 Å². The number of nitrogens with two attached hydrogens (primary N) is 1. The van der Waals surface area contributed by atoms with E-state index in [9.17, 15) is 4.79 Å². The molecule has 0 saturated heterocycles. The van der Waals surface area contributed by atoms with Crippen LogP contribution >= 0.6 is 15.9 Å². The van der Waals surface area contributed by atoms with Crippen molar-refractivity contribution in [1.29, 1.82) is 0 Å². The topological polar surface area (TPSA) is 74.7 Å². The summed E-state index contributed by atoms with van der Waals surface area (Å²) in [5, 5.41) is 5.01. The number of aromatic nitrogens is 2. The molecule has 14 heavy (non-hydrogen) atoms. The minimum Gasteiger partial charge on any atom is -0.383 e. The van der Waals surface area contributed by atoms with Crippen molar-refractivity contribution >= 4 is 21.7 Å². The molecule has 0 fully saturated rings. The minimum atomic E-state index is -0.204. The Morgan fingerprint density at radius 1 is 1.14 bits per heavy atom. The number of benzene rings is 1. The summed E-state index contributed by atoms with van der Waals surface area (Å²) in [4.78, 5) is 11.3. The fraction of sp³-hybridized carbons (Fsp3) is 0. The van der Waals surface area contributed by atoms with Crippen molar-refractivity contribution in [1.82, 2.24) is 10.2 Å². The van der Waals surface area contributed by atoms with Crippen LogP contribution in [0, 0.1) is 0 Å². The molecule has 4 N–H and O–H groups in total. The molecule has 0 spiro atoms. The zero-order valence-corrected chi connectivity index (χ0v) is 8.76. The SMILES string of the molecule is Nc1[nH][nH]c(=O)c1-c1ccc(Br)cc1. The number of halogens is 1. The highest BCUT2D eigenvalue weighted by Gasteiger charge is 2.08. The van der Waals surface area contributed by atoms with Gasteiger partial charge in [0.05, 0.1) is 5.56 Å². The van der Waals surface area contributed by atoms with Crippen LogP contribution in [-0.4, -0.2) is 10.2 Å². The largest absolute Gasteiger partial charge is 0.383 e. The van der Waals surface area contributed by atoms with Gasteiger partial charge in [-0.2, -0.15) is 0 Å². The van der Waals surface area contributed by atoms with Crippen LogP contribution in [0.25, 0.3) is 11.1 Å². The van der Waals surface area contributed by atoms with Crippen LogP contribution in [0.3, 0.4) is 0 Å². The van der Waals surface area contributed by atoms with Gasteiger partial charge < -0.3 is 5.73 Å². The second kappa shape index (κ2) is 3.34. The Morgan fingerprint density at radius 3 is 2.29 bits per heavy atom. The lowest BCUT2D eigenvalue weighted by Gasteiger charge is -1.97. The van der Waals surface area contributed by atoms with Gasteiger partial charge in [0.2, 0.25) is 0 Å². The molecule has 0 atom stereocenters. The van der Waals surface area contributed by atoms with Crippen LogP contribution in [0.15, 0.2) is 33.5 Å². The number of nitrogens with one attached hydrogen (secondary N) is 2. The summed E-state index contributed by atoms with van der Waals surface area (Å²) in [7, 11) is 0. The quantitative estimate of drug-likeness (QED) is 0.724. The number of hydrogen-bond acceptors (Lipinski definition) is 2. The van der Waals surface area contributed by atoms with Crippen molar-refractivity contribution in [2.24, 2.45) is 0 Å². The maximum Gasteiger partial charge on any atom is 0.273 e. The zero-order chi connectivity index (χ0) is 10.1. The van der Waals surface area contributed by atoms with E-state index in [2.05, 4.69) is 26.1 Å². The predicted octanol–water partition coefficient (Wildman–Crippen LogP) is 1.71. The summed E-state index contributed by atoms with van der Waals surface area (Å²) in [6.07, 6.45) is 0. The first-order valence-electron chi connectivity index (χ1n) is 4.00. The van der Waals surface area contributed by atoms with E-state index in [4.69, 9.17) is 5.73 Å². The molecule has 72 valence electrons. The van der Waals surface area contributed by atoms with Crippen molar-refractivity contribution in [3.63, 3.8) is 0 Å². The number of rotatable bonds is 1. The van der Waals surface area contributed by atoms with Crippen molar-refractivity contribution in [2.75, 3.05) is 5.73 Å². The van der Waals surface area contributed by atoms with E-state index < -0.39 is 0 Å². The first-order valence-corrected chi connectivity index (χ1v) is 4.80. The molecule has 1 aromatic carbocycles. The molecule has 2 rings (SSSR count). The molecule has 0 saturated carbocycles. The molecular formula is C9H8BrN3O. The summed E-state index contributed by atoms with van der Waals surface area (Å²) in [6.45, 7) is 0. The Kier molecular flexibility index (Phi) is 2.17. The van der Waals surface area contributed by atoms with Gasteiger partial charge in [0, 0.05) is 4.47 Å². The predicted molar refractivity (Wildman–Crippen MR) is 59.0 cm³/mol. The number of nitrogen functional groups attached to an aromatic ring is 1. The lowest BCUT2D eigenvalue weighted by atomic mass is 10.1. The van der Waals surface area contributed by atoms with E-state index in [0.717, 1.165) is 10.0 Å². The number of anilines is 1. The van der Waals surface area contributed by atoms with Crippen molar-refractivity contribution in [3.8, 4) is 11.1 Å². The van der Waals surface area contributed by atoms with Gasteiger partial charge in [0.1, 0.15) is 5.82 Å². The maximum absolute atomic E-state index is 11.3. The lowest BCUT2D eigenvalue weighted by molar-refractivity contribution is 1.06. The smallest absolute Gasteiger partial charge is 0.273 e. The third kappa shape index (κ3) is 1.46. The molecule has 0 amide bonds. The standard InChI is InChI=1S/C9H8BrN3O/c10-6-3-1-5(2-4-6)7-8(11)12-13-9(7)14/h1-4H,(H4,11,12,13,14). The van der Waals surface area contributed by atoms with Crippen molar-refractivity contribution in [2.45, 2.75) is 0 Å². The van der Waals surface area contributed by atoms with E-state index in [1.807, 2.05) is 24.3 Å². The Bertz CT molecular complexity index is 498. The maximum atomic E-state index is 11.3. The van der Waals surface area contributed by atoms with Gasteiger partial charge in [0.25, 0.3) is 5.56 Å². The molecule has 0 radical (unpaired) electrons. The van der Waals surface area contributed by atoms with Gasteiger partial charge >= 0.3 is 0 Å². The van der Waals surface area contributed by atoms with Crippen LogP contribution in [0.2, 0.25) is 0 Å². The lowest BCUT2D eigenvalue weighted by Crippen LogP contribution is -2.02. The fourth-order valence-electron chi connectivity index (χ4n) is 1.27. The second-order valence-corrected chi connectivity index (χ2v) is 3.79. The van der Waals surface area contributed by atoms with Crippen molar-refractivity contribution in [3.05, 3.63) is 39.1 Å². The monoisotopic (exact) mass is 253 g/mol. The summed E-state index contributed by atoms with van der Waals surface area (Å²) >= 11 is 3.32. The van der Waals surface area contributed by atoms with E-state index in [-0.39, 0.29) is 5.56 Å². The molecule has 4 nitrogen and oxygen atoms in total. The average Bonchev–Trinajstić information content (AvgIpc) is 2.49. The molecule has 1 heterocycles. The highest BCUT2D eigenvalue weighted by atomic mass is 79.9. The van der Waals surface area contributed by atoms with E-state index in [0.29, 0.717) is 11.4 Å². The zero-order valence-electron chi connectivity index (χ0n) is 7.17. The minimum absolute atomic E-state index is 0.204. The Labute approximate surface area is 88.3 Å². The average molecular weight is 254 g/mol. The third-order valence-electron chi connectivity index (χ3n) is 1.94. The molecule has 2 aromatic rings. The van der Waals surface area contributed by atoms with Gasteiger partial charge in [-0.25, -0.2) is 0 Å². The van der Waals surface area contributed by atoms with Crippen LogP contribution in [-0.2, 0) is 0 Å². The molecule has 0 aliphatic rings. The molecule has 1 aromatic heterocycles. The summed E-state index contributed by atoms with van der Waals surface area (Å²) in [6, 6.07) is 7.39. The number of hydrogen-bond donors (Lipinski definition) is 3. The Balaban J connectivity index is 2.60. The normalized spacial score (nSPS) is 10.4. The van der Waals surface area contributed by atoms with Crippen LogP contribution in [0.1, 0.15) is 0 Å². The first kappa shape index (κ1) is 9.08. The van der Waals surface area contributed by atoms with Gasteiger partial charge in [-0.1, -0.05) is 28.1 Å². The highest BCUT2D eigenvalue weighted by molar-refractivity contribution is 9.10. The van der Waals surface area contributed by atoms with E-state index >= 15 is 0 Å². The first-order chi connectivity index (χ1) is 6.68. The molecule has 0 aliphatic heterocycles. The Hall–Kier alpha value is -1.49. The molecule has 0 bridgehead atoms. The molecular weight excluding hydrogens is 246 g/mol. The number of aromatic amines is 2. The number of H-pyrrole nitrogens is 2. The summed E-state index contributed by atoms with van der Waals surface area (Å²) in [5.41, 5.74) is 6.69. The molecule has 0 unspecified atom stereocenters. The van der Waals surface area contributed by atoms with Crippen molar-refractivity contribution < 1.29 is 0 Å². The van der Waals surface area contributed by atoms with E-state index in [1.165, 1.54) is 0 Å². The van der Waals surface area contributed by atoms with Crippen LogP contribution in [0.5, 0.6) is 0 Å². The molecule has 5 heteroatoms. The third-order valence-corrected chi connectivity index (χ3v) is 2.47. The van der Waals surface area contributed by atoms with Gasteiger partial charge in [0.15, 0.2) is 0 Å². The fourth-order valence-corrected chi connectivity index (χ4v) is 1.54. The highest BCUT2D eigenvalue weighted by Crippen LogP contribution is 2.21. The molecule has 0 aliphatic carbocycles. The van der Waals surface area contributed by atoms with Gasteiger partial charge in [-0.15, -0.1) is 0 Å². The second-order valence-electron chi connectivity index (χ2n) is 2.87. The summed E-state index contributed by atoms with van der Waals surface area (Å²) in [5.74, 6) is 0.359. The van der Waals surface area contributed by atoms with Crippen LogP contribution in [0.4, 0.5) is 5.82 Å².